The molecule has 0 amide bonds. The van der Waals surface area contributed by atoms with Gasteiger partial charge in [-0.05, 0) is 31.2 Å². The molecule has 0 aliphatic heterocycles. The van der Waals surface area contributed by atoms with Crippen molar-refractivity contribution in [3.05, 3.63) is 35.9 Å². The van der Waals surface area contributed by atoms with E-state index >= 15 is 0 Å². The van der Waals surface area contributed by atoms with Crippen molar-refractivity contribution in [2.75, 3.05) is 6.61 Å². The third-order valence-electron chi connectivity index (χ3n) is 3.71. The van der Waals surface area contributed by atoms with Crippen LogP contribution in [0.4, 0.5) is 0 Å². The summed E-state index contributed by atoms with van der Waals surface area (Å²) in [6.45, 7) is 0.197. The molecule has 5 nitrogen and oxygen atoms in total. The summed E-state index contributed by atoms with van der Waals surface area (Å²) in [5.41, 5.74) is 0.965. The van der Waals surface area contributed by atoms with Crippen molar-refractivity contribution in [1.82, 2.24) is 0 Å². The maximum atomic E-state index is 11.7. The van der Waals surface area contributed by atoms with Gasteiger partial charge in [0.25, 0.3) is 0 Å². The summed E-state index contributed by atoms with van der Waals surface area (Å²) in [6.07, 6.45) is 3.18. The number of ether oxygens (including phenoxy) is 2. The van der Waals surface area contributed by atoms with Gasteiger partial charge in [-0.2, -0.15) is 0 Å². The van der Waals surface area contributed by atoms with Crippen LogP contribution in [0.3, 0.4) is 0 Å². The van der Waals surface area contributed by atoms with E-state index in [2.05, 4.69) is 0 Å². The van der Waals surface area contributed by atoms with Gasteiger partial charge in [0.1, 0.15) is 19.1 Å². The van der Waals surface area contributed by atoms with Crippen LogP contribution in [0.2, 0.25) is 0 Å². The number of carbonyl (C=O) groups excluding carboxylic acids is 3. The van der Waals surface area contributed by atoms with Crippen LogP contribution in [0, 0.1) is 0 Å². The second kappa shape index (κ2) is 9.20. The van der Waals surface area contributed by atoms with Crippen molar-refractivity contribution in [2.24, 2.45) is 0 Å². The minimum atomic E-state index is -0.528. The lowest BCUT2D eigenvalue weighted by Gasteiger charge is -2.10. The highest BCUT2D eigenvalue weighted by Crippen LogP contribution is 2.21. The molecule has 5 heteroatoms. The molecule has 1 saturated carbocycles. The summed E-state index contributed by atoms with van der Waals surface area (Å²) < 4.78 is 10.5. The van der Waals surface area contributed by atoms with E-state index in [0.29, 0.717) is 6.61 Å². The fraction of sp³-hybridized carbons (Fsp3) is 0.500. The zero-order valence-electron chi connectivity index (χ0n) is 13.2. The van der Waals surface area contributed by atoms with E-state index in [9.17, 15) is 14.4 Å². The number of ketones is 2. The molecule has 1 aromatic carbocycles. The SMILES string of the molecule is O=C(COCc1ccccc1)CC(=O)CC(=O)OC1CCCC1. The Morgan fingerprint density at radius 3 is 2.35 bits per heavy atom. The van der Waals surface area contributed by atoms with E-state index in [4.69, 9.17) is 9.47 Å². The Balaban J connectivity index is 1.60. The monoisotopic (exact) mass is 318 g/mol. The summed E-state index contributed by atoms with van der Waals surface area (Å²) in [5, 5.41) is 0. The lowest BCUT2D eigenvalue weighted by atomic mass is 10.1. The molecular formula is C18H22O5. The molecule has 1 aliphatic rings. The Bertz CT molecular complexity index is 532. The van der Waals surface area contributed by atoms with Crippen molar-refractivity contribution in [1.29, 1.82) is 0 Å². The number of Topliss-reactive ketones (excluding diaryl/α,β-unsaturated/α-hetero) is 2. The van der Waals surface area contributed by atoms with Gasteiger partial charge in [0, 0.05) is 0 Å². The highest BCUT2D eigenvalue weighted by molar-refractivity contribution is 6.05. The van der Waals surface area contributed by atoms with E-state index in [1.807, 2.05) is 30.3 Å². The van der Waals surface area contributed by atoms with Gasteiger partial charge in [0.15, 0.2) is 11.6 Å². The Morgan fingerprint density at radius 2 is 1.65 bits per heavy atom. The Morgan fingerprint density at radius 1 is 0.957 bits per heavy atom. The maximum Gasteiger partial charge on any atom is 0.313 e. The Hall–Kier alpha value is -2.01. The van der Waals surface area contributed by atoms with Crippen LogP contribution >= 0.6 is 0 Å². The molecule has 0 unspecified atom stereocenters. The van der Waals surface area contributed by atoms with Gasteiger partial charge in [-0.3, -0.25) is 14.4 Å². The molecule has 1 aromatic rings. The number of benzene rings is 1. The van der Waals surface area contributed by atoms with Crippen LogP contribution in [-0.2, 0) is 30.5 Å². The van der Waals surface area contributed by atoms with Crippen LogP contribution in [0.1, 0.15) is 44.1 Å². The molecule has 1 fully saturated rings. The zero-order chi connectivity index (χ0) is 16.5. The predicted molar refractivity (Wildman–Crippen MR) is 83.7 cm³/mol. The standard InChI is InChI=1S/C18H22O5/c19-15(11-18(21)23-17-8-4-5-9-17)10-16(20)13-22-12-14-6-2-1-3-7-14/h1-3,6-7,17H,4-5,8-13H2. The third-order valence-corrected chi connectivity index (χ3v) is 3.71. The predicted octanol–water partition coefficient (Wildman–Crippen LogP) is 2.61. The van der Waals surface area contributed by atoms with E-state index < -0.39 is 11.8 Å². The minimum Gasteiger partial charge on any atom is -0.462 e. The van der Waals surface area contributed by atoms with E-state index in [1.165, 1.54) is 0 Å². The van der Waals surface area contributed by atoms with Crippen molar-refractivity contribution in [3.8, 4) is 0 Å². The molecule has 1 aliphatic carbocycles. The summed E-state index contributed by atoms with van der Waals surface area (Å²) in [4.78, 5) is 35.0. The number of rotatable bonds is 9. The molecule has 0 heterocycles. The maximum absolute atomic E-state index is 11.7. The largest absolute Gasteiger partial charge is 0.462 e. The van der Waals surface area contributed by atoms with Gasteiger partial charge < -0.3 is 9.47 Å². The first kappa shape index (κ1) is 17.3. The highest BCUT2D eigenvalue weighted by Gasteiger charge is 2.21. The van der Waals surface area contributed by atoms with E-state index in [1.54, 1.807) is 0 Å². The molecule has 0 saturated heterocycles. The lowest BCUT2D eigenvalue weighted by Crippen LogP contribution is -2.20. The average molecular weight is 318 g/mol. The van der Waals surface area contributed by atoms with Gasteiger partial charge in [-0.15, -0.1) is 0 Å². The van der Waals surface area contributed by atoms with Gasteiger partial charge >= 0.3 is 5.97 Å². The van der Waals surface area contributed by atoms with Crippen LogP contribution in [0.5, 0.6) is 0 Å². The molecule has 0 aromatic heterocycles. The molecule has 124 valence electrons. The fourth-order valence-electron chi connectivity index (χ4n) is 2.59. The quantitative estimate of drug-likeness (QED) is 0.517. The van der Waals surface area contributed by atoms with Crippen molar-refractivity contribution < 1.29 is 23.9 Å². The van der Waals surface area contributed by atoms with Gasteiger partial charge in [0.2, 0.25) is 0 Å². The molecule has 2 rings (SSSR count). The van der Waals surface area contributed by atoms with Crippen LogP contribution in [-0.4, -0.2) is 30.2 Å². The minimum absolute atomic E-state index is 0.0554. The summed E-state index contributed by atoms with van der Waals surface area (Å²) in [7, 11) is 0. The Kier molecular flexibility index (Phi) is 6.94. The van der Waals surface area contributed by atoms with Gasteiger partial charge in [-0.25, -0.2) is 0 Å². The van der Waals surface area contributed by atoms with Gasteiger partial charge in [0.05, 0.1) is 13.0 Å². The summed E-state index contributed by atoms with van der Waals surface area (Å²) in [5.74, 6) is -1.26. The molecule has 0 N–H and O–H groups in total. The molecule has 0 atom stereocenters. The number of carbonyl (C=O) groups is 3. The Labute approximate surface area is 136 Å². The second-order valence-electron chi connectivity index (χ2n) is 5.81. The topological polar surface area (TPSA) is 69.7 Å². The van der Waals surface area contributed by atoms with Gasteiger partial charge in [-0.1, -0.05) is 30.3 Å². The van der Waals surface area contributed by atoms with E-state index in [0.717, 1.165) is 31.2 Å². The van der Waals surface area contributed by atoms with Crippen LogP contribution < -0.4 is 0 Å². The number of esters is 1. The fourth-order valence-corrected chi connectivity index (χ4v) is 2.59. The average Bonchev–Trinajstić information content (AvgIpc) is 3.00. The molecular weight excluding hydrogens is 296 g/mol. The summed E-state index contributed by atoms with van der Waals surface area (Å²) >= 11 is 0. The third kappa shape index (κ3) is 6.74. The molecule has 0 radical (unpaired) electrons. The first-order chi connectivity index (χ1) is 11.1. The van der Waals surface area contributed by atoms with Crippen molar-refractivity contribution in [2.45, 2.75) is 51.2 Å². The first-order valence-corrected chi connectivity index (χ1v) is 7.98. The van der Waals surface area contributed by atoms with Crippen LogP contribution in [0.25, 0.3) is 0 Å². The number of hydrogen-bond donors (Lipinski definition) is 0. The first-order valence-electron chi connectivity index (χ1n) is 7.98. The molecule has 0 bridgehead atoms. The van der Waals surface area contributed by atoms with Crippen molar-refractivity contribution >= 4 is 17.5 Å². The smallest absolute Gasteiger partial charge is 0.313 e. The highest BCUT2D eigenvalue weighted by atomic mass is 16.5. The molecule has 0 spiro atoms. The second-order valence-corrected chi connectivity index (χ2v) is 5.81. The van der Waals surface area contributed by atoms with E-state index in [-0.39, 0.29) is 31.3 Å². The molecule has 23 heavy (non-hydrogen) atoms. The van der Waals surface area contributed by atoms with Crippen LogP contribution in [0.15, 0.2) is 30.3 Å². The lowest BCUT2D eigenvalue weighted by molar-refractivity contribution is -0.150. The number of hydrogen-bond acceptors (Lipinski definition) is 5. The van der Waals surface area contributed by atoms with Crippen molar-refractivity contribution in [3.63, 3.8) is 0 Å². The zero-order valence-corrected chi connectivity index (χ0v) is 13.2. The summed E-state index contributed by atoms with van der Waals surface area (Å²) in [6, 6.07) is 9.47. The normalized spacial score (nSPS) is 14.6.